The molecule has 2 aromatic rings. The molecule has 3 rings (SSSR count). The molecule has 0 aliphatic carbocycles. The second-order valence-corrected chi connectivity index (χ2v) is 4.03. The van der Waals surface area contributed by atoms with E-state index < -0.39 is 17.4 Å². The van der Waals surface area contributed by atoms with Crippen LogP contribution >= 0.6 is 0 Å². The maximum Gasteiger partial charge on any atom is 0.231 e. The fourth-order valence-electron chi connectivity index (χ4n) is 1.84. The summed E-state index contributed by atoms with van der Waals surface area (Å²) < 4.78 is 36.2. The Hall–Kier alpha value is -2.43. The van der Waals surface area contributed by atoms with Gasteiger partial charge in [0.2, 0.25) is 6.79 Å². The lowest BCUT2D eigenvalue weighted by atomic mass is 10.0. The molecule has 0 saturated heterocycles. The van der Waals surface area contributed by atoms with Crippen molar-refractivity contribution < 1.29 is 23.0 Å². The zero-order valence-corrected chi connectivity index (χ0v) is 9.65. The number of ketones is 1. The van der Waals surface area contributed by atoms with Crippen LogP contribution in [0.3, 0.4) is 0 Å². The van der Waals surface area contributed by atoms with Crippen LogP contribution in [-0.2, 0) is 0 Å². The predicted molar refractivity (Wildman–Crippen MR) is 62.4 cm³/mol. The van der Waals surface area contributed by atoms with Crippen LogP contribution in [0.15, 0.2) is 36.4 Å². The van der Waals surface area contributed by atoms with Gasteiger partial charge in [0.15, 0.2) is 28.9 Å². The quantitative estimate of drug-likeness (QED) is 0.780. The van der Waals surface area contributed by atoms with Gasteiger partial charge in [0.25, 0.3) is 0 Å². The van der Waals surface area contributed by atoms with Crippen molar-refractivity contribution in [2.45, 2.75) is 0 Å². The lowest BCUT2D eigenvalue weighted by Crippen LogP contribution is -2.02. The summed E-state index contributed by atoms with van der Waals surface area (Å²) in [5.74, 6) is -1.42. The largest absolute Gasteiger partial charge is 0.454 e. The summed E-state index contributed by atoms with van der Waals surface area (Å²) in [7, 11) is 0. The highest BCUT2D eigenvalue weighted by Gasteiger charge is 2.18. The van der Waals surface area contributed by atoms with Crippen LogP contribution < -0.4 is 9.47 Å². The number of fused-ring (bicyclic) bond motifs is 1. The molecule has 1 heterocycles. The minimum absolute atomic E-state index is 0.0813. The molecule has 19 heavy (non-hydrogen) atoms. The molecular weight excluding hydrogens is 254 g/mol. The molecule has 1 aliphatic heterocycles. The fraction of sp³-hybridized carbons (Fsp3) is 0.0714. The van der Waals surface area contributed by atoms with E-state index >= 15 is 0 Å². The second kappa shape index (κ2) is 4.35. The third-order valence-corrected chi connectivity index (χ3v) is 2.82. The van der Waals surface area contributed by atoms with E-state index in [1.54, 1.807) is 12.1 Å². The first kappa shape index (κ1) is 11.6. The van der Waals surface area contributed by atoms with Crippen molar-refractivity contribution in [3.63, 3.8) is 0 Å². The average Bonchev–Trinajstić information content (AvgIpc) is 2.88. The van der Waals surface area contributed by atoms with Crippen molar-refractivity contribution >= 4 is 5.78 Å². The number of halogens is 2. The van der Waals surface area contributed by atoms with Crippen LogP contribution in [-0.4, -0.2) is 12.6 Å². The number of carbonyl (C=O) groups excluding carboxylic acids is 1. The van der Waals surface area contributed by atoms with Gasteiger partial charge in [-0.2, -0.15) is 0 Å². The molecule has 0 amide bonds. The van der Waals surface area contributed by atoms with E-state index in [0.717, 1.165) is 12.1 Å². The molecule has 0 bridgehead atoms. The number of benzene rings is 2. The van der Waals surface area contributed by atoms with Crippen molar-refractivity contribution in [1.29, 1.82) is 0 Å². The van der Waals surface area contributed by atoms with Crippen LogP contribution in [0, 0.1) is 11.6 Å². The minimum Gasteiger partial charge on any atom is -0.454 e. The van der Waals surface area contributed by atoms with Crippen molar-refractivity contribution in [1.82, 2.24) is 0 Å². The summed E-state index contributed by atoms with van der Waals surface area (Å²) in [5.41, 5.74) is 0.410. The number of hydrogen-bond acceptors (Lipinski definition) is 3. The zero-order chi connectivity index (χ0) is 13.4. The monoisotopic (exact) mass is 262 g/mol. The van der Waals surface area contributed by atoms with Gasteiger partial charge < -0.3 is 9.47 Å². The van der Waals surface area contributed by atoms with Gasteiger partial charge in [-0.15, -0.1) is 0 Å². The summed E-state index contributed by atoms with van der Waals surface area (Å²) >= 11 is 0. The van der Waals surface area contributed by atoms with Crippen molar-refractivity contribution in [3.8, 4) is 11.5 Å². The van der Waals surface area contributed by atoms with Gasteiger partial charge in [0.1, 0.15) is 0 Å². The molecule has 5 heteroatoms. The van der Waals surface area contributed by atoms with Gasteiger partial charge in [-0.3, -0.25) is 4.79 Å². The van der Waals surface area contributed by atoms with Crippen LogP contribution in [0.2, 0.25) is 0 Å². The Morgan fingerprint density at radius 3 is 2.37 bits per heavy atom. The molecule has 0 aromatic heterocycles. The third kappa shape index (κ3) is 2.03. The number of rotatable bonds is 2. The Balaban J connectivity index is 1.97. The van der Waals surface area contributed by atoms with E-state index in [0.29, 0.717) is 17.1 Å². The Morgan fingerprint density at radius 1 is 0.895 bits per heavy atom. The molecule has 3 nitrogen and oxygen atoms in total. The molecule has 0 fully saturated rings. The van der Waals surface area contributed by atoms with Crippen LogP contribution in [0.1, 0.15) is 15.9 Å². The lowest BCUT2D eigenvalue weighted by Gasteiger charge is -2.03. The Kier molecular flexibility index (Phi) is 2.67. The predicted octanol–water partition coefficient (Wildman–Crippen LogP) is 2.92. The van der Waals surface area contributed by atoms with E-state index in [4.69, 9.17) is 9.47 Å². The average molecular weight is 262 g/mol. The SMILES string of the molecule is O=C(c1ccc(F)c(F)c1)c1ccc2c(c1)OCO2. The van der Waals surface area contributed by atoms with Gasteiger partial charge >= 0.3 is 0 Å². The van der Waals surface area contributed by atoms with E-state index in [9.17, 15) is 13.6 Å². The Morgan fingerprint density at radius 2 is 1.58 bits per heavy atom. The number of hydrogen-bond donors (Lipinski definition) is 0. The van der Waals surface area contributed by atoms with Gasteiger partial charge in [-0.05, 0) is 36.4 Å². The maximum absolute atomic E-state index is 13.1. The second-order valence-electron chi connectivity index (χ2n) is 4.03. The number of carbonyl (C=O) groups is 1. The maximum atomic E-state index is 13.1. The molecule has 0 atom stereocenters. The first-order valence-electron chi connectivity index (χ1n) is 5.54. The molecule has 0 N–H and O–H groups in total. The first-order chi connectivity index (χ1) is 9.15. The molecule has 0 unspecified atom stereocenters. The molecule has 0 spiro atoms. The van der Waals surface area contributed by atoms with Gasteiger partial charge in [-0.1, -0.05) is 0 Å². The van der Waals surface area contributed by atoms with Gasteiger partial charge in [0.05, 0.1) is 0 Å². The Labute approximate surface area is 107 Å². The highest BCUT2D eigenvalue weighted by molar-refractivity contribution is 6.09. The van der Waals surface area contributed by atoms with Crippen LogP contribution in [0.4, 0.5) is 8.78 Å². The van der Waals surface area contributed by atoms with E-state index in [2.05, 4.69) is 0 Å². The van der Waals surface area contributed by atoms with Crippen molar-refractivity contribution in [2.75, 3.05) is 6.79 Å². The fourth-order valence-corrected chi connectivity index (χ4v) is 1.84. The van der Waals surface area contributed by atoms with Crippen LogP contribution in [0.5, 0.6) is 11.5 Å². The highest BCUT2D eigenvalue weighted by atomic mass is 19.2. The molecular formula is C14H8F2O3. The molecule has 1 aliphatic rings. The topological polar surface area (TPSA) is 35.5 Å². The molecule has 0 radical (unpaired) electrons. The third-order valence-electron chi connectivity index (χ3n) is 2.82. The van der Waals surface area contributed by atoms with E-state index in [-0.39, 0.29) is 12.4 Å². The van der Waals surface area contributed by atoms with Crippen LogP contribution in [0.25, 0.3) is 0 Å². The summed E-state index contributed by atoms with van der Waals surface area (Å²) in [4.78, 5) is 12.1. The van der Waals surface area contributed by atoms with E-state index in [1.165, 1.54) is 12.1 Å². The smallest absolute Gasteiger partial charge is 0.231 e. The number of ether oxygens (including phenoxy) is 2. The summed E-state index contributed by atoms with van der Waals surface area (Å²) in [6.07, 6.45) is 0. The molecule has 96 valence electrons. The van der Waals surface area contributed by atoms with Crippen molar-refractivity contribution in [2.24, 2.45) is 0 Å². The first-order valence-corrected chi connectivity index (χ1v) is 5.54. The minimum atomic E-state index is -1.05. The summed E-state index contributed by atoms with van der Waals surface area (Å²) in [6.45, 7) is 0.109. The molecule has 2 aromatic carbocycles. The normalized spacial score (nSPS) is 12.5. The summed E-state index contributed by atoms with van der Waals surface area (Å²) in [6, 6.07) is 7.72. The van der Waals surface area contributed by atoms with Crippen molar-refractivity contribution in [3.05, 3.63) is 59.2 Å². The highest BCUT2D eigenvalue weighted by Crippen LogP contribution is 2.33. The lowest BCUT2D eigenvalue weighted by molar-refractivity contribution is 0.103. The van der Waals surface area contributed by atoms with Gasteiger partial charge in [-0.25, -0.2) is 8.78 Å². The molecule has 0 saturated carbocycles. The Bertz CT molecular complexity index is 668. The standard InChI is InChI=1S/C14H8F2O3/c15-10-3-1-8(5-11(10)16)14(17)9-2-4-12-13(6-9)19-7-18-12/h1-6H,7H2. The zero-order valence-electron chi connectivity index (χ0n) is 9.65. The summed E-state index contributed by atoms with van der Waals surface area (Å²) in [5, 5.41) is 0. The van der Waals surface area contributed by atoms with Gasteiger partial charge in [0, 0.05) is 11.1 Å². The van der Waals surface area contributed by atoms with E-state index in [1.807, 2.05) is 0 Å².